The van der Waals surface area contributed by atoms with E-state index in [1.807, 2.05) is 0 Å². The largest absolute Gasteiger partial charge is 0.495 e. The molecule has 4 nitrogen and oxygen atoms in total. The Hall–Kier alpha value is -1.44. The molecule has 1 aliphatic rings. The predicted octanol–water partition coefficient (Wildman–Crippen LogP) is 3.13. The minimum absolute atomic E-state index is 0. The van der Waals surface area contributed by atoms with E-state index >= 15 is 0 Å². The molecule has 2 rings (SSSR count). The molecule has 116 valence electrons. The van der Waals surface area contributed by atoms with Gasteiger partial charge in [0.25, 0.3) is 0 Å². The number of hydrogen-bond acceptors (Lipinski definition) is 4. The van der Waals surface area contributed by atoms with E-state index in [0.29, 0.717) is 17.1 Å². The molecule has 0 radical (unpaired) electrons. The van der Waals surface area contributed by atoms with Crippen molar-refractivity contribution < 1.29 is 9.47 Å². The fraction of sp³-hybridized carbons (Fsp3) is 0.562. The summed E-state index contributed by atoms with van der Waals surface area (Å²) in [4.78, 5) is 0. The van der Waals surface area contributed by atoms with Gasteiger partial charge in [-0.3, -0.25) is 0 Å². The van der Waals surface area contributed by atoms with Crippen molar-refractivity contribution in [3.63, 3.8) is 0 Å². The van der Waals surface area contributed by atoms with Crippen LogP contribution in [0.25, 0.3) is 0 Å². The predicted molar refractivity (Wildman–Crippen MR) is 84.9 cm³/mol. The van der Waals surface area contributed by atoms with Crippen molar-refractivity contribution in [3.05, 3.63) is 23.8 Å². The van der Waals surface area contributed by atoms with Gasteiger partial charge in [-0.2, -0.15) is 5.26 Å². The summed E-state index contributed by atoms with van der Waals surface area (Å²) in [5.41, 5.74) is 6.58. The molecule has 1 saturated carbocycles. The van der Waals surface area contributed by atoms with Gasteiger partial charge in [-0.05, 0) is 12.1 Å². The molecule has 0 spiro atoms. The first-order chi connectivity index (χ1) is 9.25. The van der Waals surface area contributed by atoms with E-state index < -0.39 is 0 Å². The molecule has 1 fully saturated rings. The van der Waals surface area contributed by atoms with E-state index in [2.05, 4.69) is 33.8 Å². The Bertz CT molecular complexity index is 548. The third-order valence-corrected chi connectivity index (χ3v) is 4.50. The molecule has 0 bridgehead atoms. The Kier molecular flexibility index (Phi) is 4.82. The number of halogens is 1. The first-order valence-corrected chi connectivity index (χ1v) is 6.75. The SMILES string of the molecule is COc1cc(O[C@H]2C(C)(C)[C@H](N)C2(C)C)ccc1C#N.Cl. The molecule has 0 aliphatic heterocycles. The molecular weight excluding hydrogens is 288 g/mol. The zero-order valence-electron chi connectivity index (χ0n) is 13.1. The van der Waals surface area contributed by atoms with Gasteiger partial charge < -0.3 is 15.2 Å². The Morgan fingerprint density at radius 1 is 1.19 bits per heavy atom. The summed E-state index contributed by atoms with van der Waals surface area (Å²) in [6, 6.07) is 7.47. The van der Waals surface area contributed by atoms with Crippen LogP contribution in [0.15, 0.2) is 18.2 Å². The van der Waals surface area contributed by atoms with Crippen LogP contribution in [-0.2, 0) is 0 Å². The van der Waals surface area contributed by atoms with Crippen LogP contribution in [0, 0.1) is 22.2 Å². The third kappa shape index (κ3) is 2.68. The van der Waals surface area contributed by atoms with Gasteiger partial charge in [-0.25, -0.2) is 0 Å². The van der Waals surface area contributed by atoms with Gasteiger partial charge in [0, 0.05) is 22.9 Å². The number of methoxy groups -OCH3 is 1. The van der Waals surface area contributed by atoms with Gasteiger partial charge in [0.2, 0.25) is 0 Å². The van der Waals surface area contributed by atoms with Crippen molar-refractivity contribution in [1.82, 2.24) is 0 Å². The zero-order chi connectivity index (χ0) is 15.1. The quantitative estimate of drug-likeness (QED) is 0.931. The molecule has 5 heteroatoms. The molecule has 0 atom stereocenters. The van der Waals surface area contributed by atoms with E-state index in [-0.39, 0.29) is 35.4 Å². The first kappa shape index (κ1) is 17.6. The van der Waals surface area contributed by atoms with Crippen LogP contribution < -0.4 is 15.2 Å². The van der Waals surface area contributed by atoms with Crippen molar-refractivity contribution >= 4 is 12.4 Å². The lowest BCUT2D eigenvalue weighted by atomic mass is 9.50. The number of hydrogen-bond donors (Lipinski definition) is 1. The molecule has 1 aliphatic carbocycles. The van der Waals surface area contributed by atoms with Gasteiger partial charge in [0.15, 0.2) is 0 Å². The second kappa shape index (κ2) is 5.75. The van der Waals surface area contributed by atoms with Crippen LogP contribution in [0.3, 0.4) is 0 Å². The summed E-state index contributed by atoms with van der Waals surface area (Å²) < 4.78 is 11.3. The third-order valence-electron chi connectivity index (χ3n) is 4.50. The molecule has 0 heterocycles. The summed E-state index contributed by atoms with van der Waals surface area (Å²) in [5, 5.41) is 8.99. The average molecular weight is 311 g/mol. The van der Waals surface area contributed by atoms with Crippen molar-refractivity contribution in [3.8, 4) is 17.6 Å². The number of rotatable bonds is 3. The lowest BCUT2D eigenvalue weighted by Crippen LogP contribution is -2.72. The summed E-state index contributed by atoms with van der Waals surface area (Å²) >= 11 is 0. The molecule has 0 amide bonds. The maximum absolute atomic E-state index is 8.99. The standard InChI is InChI=1S/C16H22N2O2.ClH/c1-15(2)13(18)16(3,4)14(15)20-11-7-6-10(9-17)12(8-11)19-5;/h6-8,13-14H,18H2,1-5H3;1H/t13-,14-;. The number of nitriles is 1. The van der Waals surface area contributed by atoms with Gasteiger partial charge in [0.05, 0.1) is 12.7 Å². The van der Waals surface area contributed by atoms with E-state index in [4.69, 9.17) is 20.5 Å². The first-order valence-electron chi connectivity index (χ1n) is 6.75. The highest BCUT2D eigenvalue weighted by molar-refractivity contribution is 5.85. The summed E-state index contributed by atoms with van der Waals surface area (Å²) in [7, 11) is 1.55. The van der Waals surface area contributed by atoms with Gasteiger partial charge in [-0.1, -0.05) is 27.7 Å². The highest BCUT2D eigenvalue weighted by atomic mass is 35.5. The molecule has 2 N–H and O–H groups in total. The normalized spacial score (nSPS) is 25.0. The molecule has 21 heavy (non-hydrogen) atoms. The molecular formula is C16H23ClN2O2. The zero-order valence-corrected chi connectivity index (χ0v) is 14.0. The number of ether oxygens (including phenoxy) is 2. The minimum Gasteiger partial charge on any atom is -0.495 e. The Morgan fingerprint density at radius 3 is 2.24 bits per heavy atom. The van der Waals surface area contributed by atoms with Crippen LogP contribution >= 0.6 is 12.4 Å². The topological polar surface area (TPSA) is 68.3 Å². The van der Waals surface area contributed by atoms with Gasteiger partial charge >= 0.3 is 0 Å². The van der Waals surface area contributed by atoms with Crippen LogP contribution in [0.5, 0.6) is 11.5 Å². The Balaban J connectivity index is 0.00000220. The van der Waals surface area contributed by atoms with Gasteiger partial charge in [0.1, 0.15) is 23.7 Å². The second-order valence-electron chi connectivity index (χ2n) is 6.59. The van der Waals surface area contributed by atoms with Crippen LogP contribution in [0.4, 0.5) is 0 Å². The summed E-state index contributed by atoms with van der Waals surface area (Å²) in [5.74, 6) is 1.24. The summed E-state index contributed by atoms with van der Waals surface area (Å²) in [6.07, 6.45) is 0.0302. The van der Waals surface area contributed by atoms with Crippen molar-refractivity contribution in [2.75, 3.05) is 7.11 Å². The van der Waals surface area contributed by atoms with Crippen LogP contribution in [0.2, 0.25) is 0 Å². The lowest BCUT2D eigenvalue weighted by Gasteiger charge is -2.61. The van der Waals surface area contributed by atoms with E-state index in [9.17, 15) is 0 Å². The van der Waals surface area contributed by atoms with Crippen LogP contribution in [-0.4, -0.2) is 19.3 Å². The summed E-state index contributed by atoms with van der Waals surface area (Å²) in [6.45, 7) is 8.48. The maximum atomic E-state index is 8.99. The molecule has 0 unspecified atom stereocenters. The number of benzene rings is 1. The average Bonchev–Trinajstić information content (AvgIpc) is 2.43. The van der Waals surface area contributed by atoms with E-state index in [1.165, 1.54) is 0 Å². The maximum Gasteiger partial charge on any atom is 0.140 e. The van der Waals surface area contributed by atoms with Crippen LogP contribution in [0.1, 0.15) is 33.3 Å². The highest BCUT2D eigenvalue weighted by Gasteiger charge is 2.61. The molecule has 0 aromatic heterocycles. The smallest absolute Gasteiger partial charge is 0.140 e. The Labute approximate surface area is 132 Å². The van der Waals surface area contributed by atoms with Gasteiger partial charge in [-0.15, -0.1) is 12.4 Å². The monoisotopic (exact) mass is 310 g/mol. The second-order valence-corrected chi connectivity index (χ2v) is 6.59. The van der Waals surface area contributed by atoms with E-state index in [0.717, 1.165) is 0 Å². The van der Waals surface area contributed by atoms with Crippen molar-refractivity contribution in [1.29, 1.82) is 5.26 Å². The minimum atomic E-state index is -0.0787. The fourth-order valence-corrected chi connectivity index (χ4v) is 3.42. The van der Waals surface area contributed by atoms with Crippen molar-refractivity contribution in [2.45, 2.75) is 39.8 Å². The number of nitrogens with zero attached hydrogens (tertiary/aromatic N) is 1. The highest BCUT2D eigenvalue weighted by Crippen LogP contribution is 2.54. The Morgan fingerprint density at radius 2 is 1.76 bits per heavy atom. The van der Waals surface area contributed by atoms with Crippen molar-refractivity contribution in [2.24, 2.45) is 16.6 Å². The molecule has 0 saturated heterocycles. The fourth-order valence-electron chi connectivity index (χ4n) is 3.42. The number of nitrogens with two attached hydrogens (primary N) is 1. The lowest BCUT2D eigenvalue weighted by molar-refractivity contribution is -0.155. The van der Waals surface area contributed by atoms with E-state index in [1.54, 1.807) is 25.3 Å². The molecule has 1 aromatic rings. The molecule has 1 aromatic carbocycles.